The Kier molecular flexibility index (Phi) is 4.60. The number of thiazole rings is 1. The van der Waals surface area contributed by atoms with Gasteiger partial charge in [0.15, 0.2) is 0 Å². The lowest BCUT2D eigenvalue weighted by atomic mass is 10.2. The molecule has 0 aliphatic rings. The maximum atomic E-state index is 12.0. The van der Waals surface area contributed by atoms with Crippen LogP contribution in [-0.2, 0) is 11.2 Å². The number of carbonyl (C=O) groups is 1. The standard InChI is InChI=1S/C15H20N2O2S/c1-9(2)15-17-12(8-20-15)7-14(18)16-11(4)13-6-5-10(3)19-13/h5-6,8-9,11H,7H2,1-4H3,(H,16,18)/t11-/m0/s1. The Hall–Kier alpha value is -1.62. The first-order valence-corrected chi connectivity index (χ1v) is 7.63. The lowest BCUT2D eigenvalue weighted by Crippen LogP contribution is -2.28. The van der Waals surface area contributed by atoms with Gasteiger partial charge < -0.3 is 9.73 Å². The van der Waals surface area contributed by atoms with Crippen LogP contribution in [0.1, 0.15) is 55.0 Å². The van der Waals surface area contributed by atoms with E-state index in [1.54, 1.807) is 11.3 Å². The third-order valence-electron chi connectivity index (χ3n) is 2.97. The van der Waals surface area contributed by atoms with Crippen LogP contribution in [0.3, 0.4) is 0 Å². The van der Waals surface area contributed by atoms with Crippen molar-refractivity contribution in [3.63, 3.8) is 0 Å². The molecule has 0 spiro atoms. The topological polar surface area (TPSA) is 55.1 Å². The largest absolute Gasteiger partial charge is 0.464 e. The van der Waals surface area contributed by atoms with E-state index in [0.29, 0.717) is 12.3 Å². The van der Waals surface area contributed by atoms with E-state index in [1.807, 2.05) is 31.4 Å². The zero-order valence-corrected chi connectivity index (χ0v) is 13.1. The van der Waals surface area contributed by atoms with Crippen LogP contribution in [0, 0.1) is 6.92 Å². The Morgan fingerprint density at radius 3 is 2.70 bits per heavy atom. The van der Waals surface area contributed by atoms with Crippen LogP contribution >= 0.6 is 11.3 Å². The molecule has 2 aromatic heterocycles. The van der Waals surface area contributed by atoms with Crippen LogP contribution in [0.4, 0.5) is 0 Å². The molecule has 108 valence electrons. The summed E-state index contributed by atoms with van der Waals surface area (Å²) in [5, 5.41) is 5.96. The summed E-state index contributed by atoms with van der Waals surface area (Å²) in [6, 6.07) is 3.66. The summed E-state index contributed by atoms with van der Waals surface area (Å²) in [7, 11) is 0. The van der Waals surface area contributed by atoms with Gasteiger partial charge in [0.1, 0.15) is 11.5 Å². The van der Waals surface area contributed by atoms with E-state index in [0.717, 1.165) is 22.2 Å². The van der Waals surface area contributed by atoms with Crippen molar-refractivity contribution < 1.29 is 9.21 Å². The zero-order valence-electron chi connectivity index (χ0n) is 12.3. The average Bonchev–Trinajstić information content (AvgIpc) is 2.98. The first-order valence-electron chi connectivity index (χ1n) is 6.75. The van der Waals surface area contributed by atoms with E-state index in [2.05, 4.69) is 24.1 Å². The smallest absolute Gasteiger partial charge is 0.226 e. The number of hydrogen-bond donors (Lipinski definition) is 1. The van der Waals surface area contributed by atoms with Crippen molar-refractivity contribution in [2.45, 2.75) is 46.1 Å². The van der Waals surface area contributed by atoms with Crippen LogP contribution in [0.15, 0.2) is 21.9 Å². The molecule has 0 fully saturated rings. The first-order chi connectivity index (χ1) is 9.45. The van der Waals surface area contributed by atoms with E-state index < -0.39 is 0 Å². The summed E-state index contributed by atoms with van der Waals surface area (Å²) in [5.41, 5.74) is 0.832. The molecule has 2 rings (SSSR count). The first kappa shape index (κ1) is 14.8. The fourth-order valence-electron chi connectivity index (χ4n) is 1.88. The van der Waals surface area contributed by atoms with Gasteiger partial charge >= 0.3 is 0 Å². The molecule has 0 unspecified atom stereocenters. The van der Waals surface area contributed by atoms with Crippen molar-refractivity contribution in [2.75, 3.05) is 0 Å². The van der Waals surface area contributed by atoms with E-state index >= 15 is 0 Å². The fourth-order valence-corrected chi connectivity index (χ4v) is 2.72. The normalized spacial score (nSPS) is 12.7. The second-order valence-electron chi connectivity index (χ2n) is 5.25. The predicted octanol–water partition coefficient (Wildman–Crippen LogP) is 3.59. The summed E-state index contributed by atoms with van der Waals surface area (Å²) < 4.78 is 5.50. The molecule has 20 heavy (non-hydrogen) atoms. The van der Waals surface area contributed by atoms with Gasteiger partial charge in [-0.15, -0.1) is 11.3 Å². The number of aromatic nitrogens is 1. The van der Waals surface area contributed by atoms with E-state index in [-0.39, 0.29) is 11.9 Å². The zero-order chi connectivity index (χ0) is 14.7. The Bertz CT molecular complexity index is 586. The molecule has 2 heterocycles. The third kappa shape index (κ3) is 3.70. The van der Waals surface area contributed by atoms with Gasteiger partial charge in [0.25, 0.3) is 0 Å². The predicted molar refractivity (Wildman–Crippen MR) is 79.9 cm³/mol. The average molecular weight is 292 g/mol. The lowest BCUT2D eigenvalue weighted by molar-refractivity contribution is -0.121. The number of aryl methyl sites for hydroxylation is 1. The minimum Gasteiger partial charge on any atom is -0.464 e. The van der Waals surface area contributed by atoms with Crippen molar-refractivity contribution in [2.24, 2.45) is 0 Å². The molecule has 2 aromatic rings. The second-order valence-corrected chi connectivity index (χ2v) is 6.14. The number of nitrogens with zero attached hydrogens (tertiary/aromatic N) is 1. The summed E-state index contributed by atoms with van der Waals surface area (Å²) >= 11 is 1.61. The molecular weight excluding hydrogens is 272 g/mol. The fraction of sp³-hybridized carbons (Fsp3) is 0.467. The highest BCUT2D eigenvalue weighted by Gasteiger charge is 2.14. The highest BCUT2D eigenvalue weighted by atomic mass is 32.1. The summed E-state index contributed by atoms with van der Waals surface area (Å²) in [4.78, 5) is 16.5. The Balaban J connectivity index is 1.91. The SMILES string of the molecule is Cc1ccc([C@H](C)NC(=O)Cc2csc(C(C)C)n2)o1. The summed E-state index contributed by atoms with van der Waals surface area (Å²) in [5.74, 6) is 1.99. The molecule has 0 aliphatic carbocycles. The van der Waals surface area contributed by atoms with Crippen molar-refractivity contribution in [3.8, 4) is 0 Å². The maximum Gasteiger partial charge on any atom is 0.226 e. The Labute approximate surface area is 123 Å². The van der Waals surface area contributed by atoms with Crippen molar-refractivity contribution in [3.05, 3.63) is 39.7 Å². The monoisotopic (exact) mass is 292 g/mol. The number of furan rings is 1. The number of carbonyl (C=O) groups excluding carboxylic acids is 1. The van der Waals surface area contributed by atoms with Gasteiger partial charge in [-0.1, -0.05) is 13.8 Å². The van der Waals surface area contributed by atoms with Crippen LogP contribution in [0.2, 0.25) is 0 Å². The molecule has 1 atom stereocenters. The van der Waals surface area contributed by atoms with Gasteiger partial charge in [0.2, 0.25) is 5.91 Å². The van der Waals surface area contributed by atoms with Gasteiger partial charge in [-0.25, -0.2) is 4.98 Å². The second kappa shape index (κ2) is 6.22. The van der Waals surface area contributed by atoms with Crippen LogP contribution in [-0.4, -0.2) is 10.9 Å². The Morgan fingerprint density at radius 1 is 1.40 bits per heavy atom. The number of amides is 1. The molecule has 0 saturated carbocycles. The molecule has 0 saturated heterocycles. The van der Waals surface area contributed by atoms with Gasteiger partial charge in [-0.05, 0) is 26.0 Å². The van der Waals surface area contributed by atoms with E-state index in [1.165, 1.54) is 0 Å². The highest BCUT2D eigenvalue weighted by molar-refractivity contribution is 7.09. The molecule has 1 amide bonds. The van der Waals surface area contributed by atoms with E-state index in [4.69, 9.17) is 4.42 Å². The quantitative estimate of drug-likeness (QED) is 0.916. The number of hydrogen-bond acceptors (Lipinski definition) is 4. The molecule has 0 radical (unpaired) electrons. The van der Waals surface area contributed by atoms with Gasteiger partial charge in [0.05, 0.1) is 23.2 Å². The molecule has 4 nitrogen and oxygen atoms in total. The molecule has 0 bridgehead atoms. The van der Waals surface area contributed by atoms with Gasteiger partial charge in [-0.2, -0.15) is 0 Å². The van der Waals surface area contributed by atoms with Gasteiger partial charge in [0, 0.05) is 11.3 Å². The minimum atomic E-state index is -0.126. The van der Waals surface area contributed by atoms with Crippen molar-refractivity contribution in [1.29, 1.82) is 0 Å². The summed E-state index contributed by atoms with van der Waals surface area (Å²) in [6.07, 6.45) is 0.313. The third-order valence-corrected chi connectivity index (χ3v) is 4.16. The molecular formula is C15H20N2O2S. The van der Waals surface area contributed by atoms with Gasteiger partial charge in [-0.3, -0.25) is 4.79 Å². The Morgan fingerprint density at radius 2 is 2.15 bits per heavy atom. The molecule has 5 heteroatoms. The lowest BCUT2D eigenvalue weighted by Gasteiger charge is -2.10. The number of rotatable bonds is 5. The minimum absolute atomic E-state index is 0.0350. The highest BCUT2D eigenvalue weighted by Crippen LogP contribution is 2.20. The number of nitrogens with one attached hydrogen (secondary N) is 1. The molecule has 0 aliphatic heterocycles. The van der Waals surface area contributed by atoms with Crippen LogP contribution < -0.4 is 5.32 Å². The van der Waals surface area contributed by atoms with E-state index in [9.17, 15) is 4.79 Å². The molecule has 1 N–H and O–H groups in total. The van der Waals surface area contributed by atoms with Crippen LogP contribution in [0.25, 0.3) is 0 Å². The van der Waals surface area contributed by atoms with Crippen LogP contribution in [0.5, 0.6) is 0 Å². The van der Waals surface area contributed by atoms with Crippen molar-refractivity contribution >= 4 is 17.2 Å². The summed E-state index contributed by atoms with van der Waals surface area (Å²) in [6.45, 7) is 8.01. The maximum absolute atomic E-state index is 12.0. The van der Waals surface area contributed by atoms with Crippen molar-refractivity contribution in [1.82, 2.24) is 10.3 Å². The molecule has 0 aromatic carbocycles.